The Hall–Kier alpha value is -1.48. The first-order valence-electron chi connectivity index (χ1n) is 6.11. The zero-order valence-electron chi connectivity index (χ0n) is 10.3. The number of alkyl halides is 1. The molecule has 0 saturated heterocycles. The van der Waals surface area contributed by atoms with Gasteiger partial charge >= 0.3 is 0 Å². The van der Waals surface area contributed by atoms with Crippen LogP contribution in [0.2, 0.25) is 0 Å². The van der Waals surface area contributed by atoms with Gasteiger partial charge in [0.2, 0.25) is 0 Å². The molecule has 1 N–H and O–H groups in total. The van der Waals surface area contributed by atoms with E-state index < -0.39 is 0 Å². The van der Waals surface area contributed by atoms with Crippen LogP contribution in [-0.2, 0) is 0 Å². The maximum absolute atomic E-state index is 12.0. The Morgan fingerprint density at radius 3 is 3.00 bits per heavy atom. The zero-order valence-corrected chi connectivity index (χ0v) is 11.0. The highest BCUT2D eigenvalue weighted by atomic mass is 35.5. The predicted octanol–water partition coefficient (Wildman–Crippen LogP) is 3.57. The van der Waals surface area contributed by atoms with Crippen LogP contribution in [0.25, 0.3) is 11.0 Å². The van der Waals surface area contributed by atoms with Gasteiger partial charge in [0, 0.05) is 11.9 Å². The molecule has 96 valence electrons. The number of carbonyl (C=O) groups is 1. The lowest BCUT2D eigenvalue weighted by Gasteiger charge is -2.08. The number of para-hydroxylation sites is 1. The second-order valence-corrected chi connectivity index (χ2v) is 4.86. The molecule has 0 radical (unpaired) electrons. The number of nitrogens with one attached hydrogen (secondary N) is 1. The lowest BCUT2D eigenvalue weighted by atomic mass is 10.1. The van der Waals surface area contributed by atoms with Crippen LogP contribution in [0.3, 0.4) is 0 Å². The topological polar surface area (TPSA) is 42.2 Å². The highest BCUT2D eigenvalue weighted by molar-refractivity contribution is 6.21. The molecule has 1 unspecified atom stereocenters. The Labute approximate surface area is 111 Å². The number of amides is 1. The number of rotatable bonds is 5. The maximum Gasteiger partial charge on any atom is 0.255 e. The van der Waals surface area contributed by atoms with Gasteiger partial charge in [-0.15, -0.1) is 11.6 Å². The van der Waals surface area contributed by atoms with Gasteiger partial charge in [-0.05, 0) is 12.5 Å². The Morgan fingerprint density at radius 1 is 1.44 bits per heavy atom. The Kier molecular flexibility index (Phi) is 4.26. The van der Waals surface area contributed by atoms with E-state index in [0.29, 0.717) is 12.1 Å². The van der Waals surface area contributed by atoms with E-state index in [-0.39, 0.29) is 11.3 Å². The Balaban J connectivity index is 2.05. The normalized spacial score (nSPS) is 12.6. The van der Waals surface area contributed by atoms with Gasteiger partial charge in [0.25, 0.3) is 5.91 Å². The molecular formula is C14H16ClNO2. The number of hydrogen-bond acceptors (Lipinski definition) is 2. The molecule has 1 atom stereocenters. The molecule has 0 fully saturated rings. The summed E-state index contributed by atoms with van der Waals surface area (Å²) in [7, 11) is 0. The summed E-state index contributed by atoms with van der Waals surface area (Å²) in [6.45, 7) is 2.55. The number of carbonyl (C=O) groups excluding carboxylic acids is 1. The molecule has 0 saturated carbocycles. The van der Waals surface area contributed by atoms with Crippen molar-refractivity contribution in [3.63, 3.8) is 0 Å². The smallest absolute Gasteiger partial charge is 0.255 e. The van der Waals surface area contributed by atoms with E-state index in [1.54, 1.807) is 0 Å². The molecule has 18 heavy (non-hydrogen) atoms. The summed E-state index contributed by atoms with van der Waals surface area (Å²) in [6, 6.07) is 7.48. The predicted molar refractivity (Wildman–Crippen MR) is 73.1 cm³/mol. The SMILES string of the molecule is CCCC(Cl)CNC(=O)c1coc2ccccc12. The third kappa shape index (κ3) is 2.85. The quantitative estimate of drug-likeness (QED) is 0.840. The number of hydrogen-bond donors (Lipinski definition) is 1. The Morgan fingerprint density at radius 2 is 2.22 bits per heavy atom. The van der Waals surface area contributed by atoms with Gasteiger partial charge in [0.05, 0.1) is 10.9 Å². The molecule has 0 bridgehead atoms. The zero-order chi connectivity index (χ0) is 13.0. The van der Waals surface area contributed by atoms with Crippen LogP contribution in [-0.4, -0.2) is 17.8 Å². The van der Waals surface area contributed by atoms with E-state index in [1.165, 1.54) is 6.26 Å². The molecule has 1 aromatic heterocycles. The third-order valence-electron chi connectivity index (χ3n) is 2.81. The Bertz CT molecular complexity index is 535. The van der Waals surface area contributed by atoms with Crippen LogP contribution in [0.15, 0.2) is 34.9 Å². The molecule has 0 spiro atoms. The molecule has 1 heterocycles. The average Bonchev–Trinajstić information content (AvgIpc) is 2.80. The van der Waals surface area contributed by atoms with E-state index in [1.807, 2.05) is 24.3 Å². The van der Waals surface area contributed by atoms with Crippen LogP contribution < -0.4 is 5.32 Å². The summed E-state index contributed by atoms with van der Waals surface area (Å²) in [6.07, 6.45) is 3.40. The molecular weight excluding hydrogens is 250 g/mol. The number of fused-ring (bicyclic) bond motifs is 1. The van der Waals surface area contributed by atoms with Gasteiger partial charge in [-0.1, -0.05) is 31.5 Å². The lowest BCUT2D eigenvalue weighted by molar-refractivity contribution is 0.0954. The summed E-state index contributed by atoms with van der Waals surface area (Å²) in [5, 5.41) is 3.64. The van der Waals surface area contributed by atoms with Crippen molar-refractivity contribution in [1.29, 1.82) is 0 Å². The van der Waals surface area contributed by atoms with Gasteiger partial charge in [-0.2, -0.15) is 0 Å². The number of benzene rings is 1. The van der Waals surface area contributed by atoms with E-state index in [9.17, 15) is 4.79 Å². The van der Waals surface area contributed by atoms with Crippen molar-refractivity contribution in [2.75, 3.05) is 6.54 Å². The first-order chi connectivity index (χ1) is 8.72. The third-order valence-corrected chi connectivity index (χ3v) is 3.18. The molecule has 0 aliphatic heterocycles. The van der Waals surface area contributed by atoms with Crippen LogP contribution in [0.5, 0.6) is 0 Å². The van der Waals surface area contributed by atoms with Gasteiger partial charge in [-0.25, -0.2) is 0 Å². The fourth-order valence-electron chi connectivity index (χ4n) is 1.87. The van der Waals surface area contributed by atoms with Gasteiger partial charge in [-0.3, -0.25) is 4.79 Å². The van der Waals surface area contributed by atoms with E-state index in [2.05, 4.69) is 12.2 Å². The van der Waals surface area contributed by atoms with Crippen LogP contribution in [0, 0.1) is 0 Å². The summed E-state index contributed by atoms with van der Waals surface area (Å²) in [4.78, 5) is 12.0. The van der Waals surface area contributed by atoms with Crippen molar-refractivity contribution in [2.45, 2.75) is 25.1 Å². The van der Waals surface area contributed by atoms with Crippen molar-refractivity contribution in [3.05, 3.63) is 36.1 Å². The van der Waals surface area contributed by atoms with Crippen LogP contribution in [0.4, 0.5) is 0 Å². The molecule has 1 aromatic carbocycles. The second-order valence-electron chi connectivity index (χ2n) is 4.24. The first kappa shape index (κ1) is 13.0. The van der Waals surface area contributed by atoms with Crippen molar-refractivity contribution < 1.29 is 9.21 Å². The highest BCUT2D eigenvalue weighted by Crippen LogP contribution is 2.20. The summed E-state index contributed by atoms with van der Waals surface area (Å²) in [5.74, 6) is -0.137. The van der Waals surface area contributed by atoms with Crippen molar-refractivity contribution in [1.82, 2.24) is 5.32 Å². The standard InChI is InChI=1S/C14H16ClNO2/c1-2-5-10(15)8-16-14(17)12-9-18-13-7-4-3-6-11(12)13/h3-4,6-7,9-10H,2,5,8H2,1H3,(H,16,17). The van der Waals surface area contributed by atoms with Crippen LogP contribution in [0.1, 0.15) is 30.1 Å². The lowest BCUT2D eigenvalue weighted by Crippen LogP contribution is -2.29. The van der Waals surface area contributed by atoms with Gasteiger partial charge in [0.15, 0.2) is 0 Å². The molecule has 4 heteroatoms. The van der Waals surface area contributed by atoms with Crippen molar-refractivity contribution >= 4 is 28.5 Å². The highest BCUT2D eigenvalue weighted by Gasteiger charge is 2.14. The molecule has 2 aromatic rings. The fourth-order valence-corrected chi connectivity index (χ4v) is 2.16. The molecule has 3 nitrogen and oxygen atoms in total. The summed E-state index contributed by atoms with van der Waals surface area (Å²) < 4.78 is 5.33. The number of furan rings is 1. The monoisotopic (exact) mass is 265 g/mol. The number of halogens is 1. The molecule has 2 rings (SSSR count). The maximum atomic E-state index is 12.0. The van der Waals surface area contributed by atoms with Gasteiger partial charge in [0.1, 0.15) is 11.8 Å². The van der Waals surface area contributed by atoms with E-state index in [4.69, 9.17) is 16.0 Å². The van der Waals surface area contributed by atoms with Crippen molar-refractivity contribution in [3.8, 4) is 0 Å². The van der Waals surface area contributed by atoms with Gasteiger partial charge < -0.3 is 9.73 Å². The summed E-state index contributed by atoms with van der Waals surface area (Å²) >= 11 is 6.07. The second kappa shape index (κ2) is 5.91. The average molecular weight is 266 g/mol. The first-order valence-corrected chi connectivity index (χ1v) is 6.54. The largest absolute Gasteiger partial charge is 0.463 e. The minimum Gasteiger partial charge on any atom is -0.463 e. The van der Waals surface area contributed by atoms with Crippen molar-refractivity contribution in [2.24, 2.45) is 0 Å². The molecule has 1 amide bonds. The van der Waals surface area contributed by atoms with Crippen LogP contribution >= 0.6 is 11.6 Å². The molecule has 0 aliphatic rings. The van der Waals surface area contributed by atoms with E-state index in [0.717, 1.165) is 23.8 Å². The summed E-state index contributed by atoms with van der Waals surface area (Å²) in [5.41, 5.74) is 1.28. The fraction of sp³-hybridized carbons (Fsp3) is 0.357. The van der Waals surface area contributed by atoms with E-state index >= 15 is 0 Å². The minimum atomic E-state index is -0.137. The minimum absolute atomic E-state index is 0.0166. The molecule has 0 aliphatic carbocycles.